The smallest absolute Gasteiger partial charge is 0.301 e. The lowest BCUT2D eigenvalue weighted by atomic mass is 10.1. The molecule has 7 heteroatoms. The van der Waals surface area contributed by atoms with Gasteiger partial charge in [0.15, 0.2) is 5.76 Å². The van der Waals surface area contributed by atoms with Gasteiger partial charge in [0.2, 0.25) is 5.91 Å². The van der Waals surface area contributed by atoms with E-state index in [1.807, 2.05) is 13.0 Å². The number of amides is 2. The van der Waals surface area contributed by atoms with E-state index >= 15 is 0 Å². The maximum atomic E-state index is 11.8. The first-order chi connectivity index (χ1) is 9.56. The first-order valence-corrected chi connectivity index (χ1v) is 6.68. The molecule has 1 fully saturated rings. The number of piperazine rings is 1. The molecule has 20 heavy (non-hydrogen) atoms. The van der Waals surface area contributed by atoms with E-state index in [9.17, 15) is 9.59 Å². The summed E-state index contributed by atoms with van der Waals surface area (Å²) in [6, 6.07) is 1.66. The standard InChI is InChI=1S/C13H20N4O3/c1-3-10-12(18)15-4-5-17(10)7-9-6-8(2)11(20-9)13(19)16-14/h6,10H,3-5,7,14H2,1-2H3,(H,15,18)(H,16,19). The molecule has 2 amide bonds. The second-order valence-corrected chi connectivity index (χ2v) is 4.88. The molecule has 1 atom stereocenters. The number of carbonyl (C=O) groups is 2. The van der Waals surface area contributed by atoms with E-state index in [2.05, 4.69) is 15.6 Å². The van der Waals surface area contributed by atoms with Crippen LogP contribution in [0.25, 0.3) is 0 Å². The zero-order valence-corrected chi connectivity index (χ0v) is 11.7. The first kappa shape index (κ1) is 14.5. The van der Waals surface area contributed by atoms with Crippen LogP contribution in [0.15, 0.2) is 10.5 Å². The highest BCUT2D eigenvalue weighted by atomic mass is 16.4. The maximum absolute atomic E-state index is 11.8. The average molecular weight is 280 g/mol. The lowest BCUT2D eigenvalue weighted by Crippen LogP contribution is -2.54. The van der Waals surface area contributed by atoms with Crippen LogP contribution in [0.5, 0.6) is 0 Å². The van der Waals surface area contributed by atoms with Crippen molar-refractivity contribution in [2.24, 2.45) is 5.84 Å². The van der Waals surface area contributed by atoms with Crippen molar-refractivity contribution in [1.29, 1.82) is 0 Å². The lowest BCUT2D eigenvalue weighted by Gasteiger charge is -2.33. The summed E-state index contributed by atoms with van der Waals surface area (Å²) in [6.45, 7) is 5.67. The Morgan fingerprint density at radius 3 is 3.05 bits per heavy atom. The van der Waals surface area contributed by atoms with Gasteiger partial charge in [-0.05, 0) is 19.4 Å². The third kappa shape index (κ3) is 2.83. The van der Waals surface area contributed by atoms with E-state index in [4.69, 9.17) is 10.3 Å². The predicted octanol–water partition coefficient (Wildman–Crippen LogP) is -0.0981. The molecule has 110 valence electrons. The van der Waals surface area contributed by atoms with Crippen LogP contribution in [0.3, 0.4) is 0 Å². The highest BCUT2D eigenvalue weighted by molar-refractivity contribution is 5.92. The monoisotopic (exact) mass is 280 g/mol. The van der Waals surface area contributed by atoms with Gasteiger partial charge in [-0.2, -0.15) is 0 Å². The Kier molecular flexibility index (Phi) is 4.41. The summed E-state index contributed by atoms with van der Waals surface area (Å²) in [5.41, 5.74) is 2.79. The van der Waals surface area contributed by atoms with Crippen LogP contribution in [0.1, 0.15) is 35.2 Å². The minimum absolute atomic E-state index is 0.0435. The van der Waals surface area contributed by atoms with Crippen molar-refractivity contribution in [1.82, 2.24) is 15.6 Å². The highest BCUT2D eigenvalue weighted by Crippen LogP contribution is 2.19. The fourth-order valence-electron chi connectivity index (χ4n) is 2.51. The zero-order chi connectivity index (χ0) is 14.7. The number of carbonyl (C=O) groups excluding carboxylic acids is 2. The van der Waals surface area contributed by atoms with Crippen molar-refractivity contribution in [3.8, 4) is 0 Å². The van der Waals surface area contributed by atoms with Crippen molar-refractivity contribution in [2.75, 3.05) is 13.1 Å². The maximum Gasteiger partial charge on any atom is 0.301 e. The predicted molar refractivity (Wildman–Crippen MR) is 72.6 cm³/mol. The van der Waals surface area contributed by atoms with E-state index in [0.29, 0.717) is 18.8 Å². The van der Waals surface area contributed by atoms with Crippen LogP contribution in [-0.4, -0.2) is 35.8 Å². The van der Waals surface area contributed by atoms with Crippen LogP contribution >= 0.6 is 0 Å². The fraction of sp³-hybridized carbons (Fsp3) is 0.538. The van der Waals surface area contributed by atoms with Crippen molar-refractivity contribution in [2.45, 2.75) is 32.9 Å². The number of nitrogen functional groups attached to an aromatic ring is 1. The van der Waals surface area contributed by atoms with Gasteiger partial charge in [0.25, 0.3) is 0 Å². The molecule has 0 spiro atoms. The number of aryl methyl sites for hydroxylation is 1. The Morgan fingerprint density at radius 1 is 1.65 bits per heavy atom. The number of hydrogen-bond donors (Lipinski definition) is 3. The third-order valence-electron chi connectivity index (χ3n) is 3.49. The first-order valence-electron chi connectivity index (χ1n) is 6.68. The molecule has 4 N–H and O–H groups in total. The van der Waals surface area contributed by atoms with Gasteiger partial charge in [0, 0.05) is 18.7 Å². The van der Waals surface area contributed by atoms with Crippen LogP contribution < -0.4 is 16.6 Å². The minimum Gasteiger partial charge on any atom is -0.454 e. The average Bonchev–Trinajstić information content (AvgIpc) is 2.79. The molecular formula is C13H20N4O3. The summed E-state index contributed by atoms with van der Waals surface area (Å²) >= 11 is 0. The van der Waals surface area contributed by atoms with E-state index in [1.54, 1.807) is 6.92 Å². The van der Waals surface area contributed by atoms with Gasteiger partial charge in [0.05, 0.1) is 12.6 Å². The van der Waals surface area contributed by atoms with Gasteiger partial charge < -0.3 is 9.73 Å². The molecule has 2 heterocycles. The Hall–Kier alpha value is -1.86. The number of furan rings is 1. The second kappa shape index (κ2) is 6.06. The molecule has 1 aliphatic rings. The Morgan fingerprint density at radius 2 is 2.40 bits per heavy atom. The molecule has 1 aromatic rings. The molecule has 0 aliphatic carbocycles. The molecule has 2 rings (SSSR count). The largest absolute Gasteiger partial charge is 0.454 e. The number of rotatable bonds is 4. The summed E-state index contributed by atoms with van der Waals surface area (Å²) in [5, 5.41) is 2.85. The molecule has 1 aromatic heterocycles. The summed E-state index contributed by atoms with van der Waals surface area (Å²) in [6.07, 6.45) is 0.738. The quantitative estimate of drug-likeness (QED) is 0.406. The molecule has 0 bridgehead atoms. The van der Waals surface area contributed by atoms with Crippen molar-refractivity contribution < 1.29 is 14.0 Å². The molecule has 0 saturated carbocycles. The topological polar surface area (TPSA) is 101 Å². The molecular weight excluding hydrogens is 260 g/mol. The molecule has 1 saturated heterocycles. The summed E-state index contributed by atoms with van der Waals surface area (Å²) < 4.78 is 5.53. The SMILES string of the molecule is CCC1C(=O)NCCN1Cc1cc(C)c(C(=O)NN)o1. The van der Waals surface area contributed by atoms with Crippen LogP contribution in [0, 0.1) is 6.92 Å². The van der Waals surface area contributed by atoms with Gasteiger partial charge in [0.1, 0.15) is 5.76 Å². The van der Waals surface area contributed by atoms with Crippen LogP contribution in [0.4, 0.5) is 0 Å². The Balaban J connectivity index is 2.13. The van der Waals surface area contributed by atoms with E-state index in [0.717, 1.165) is 18.5 Å². The van der Waals surface area contributed by atoms with Crippen LogP contribution in [0.2, 0.25) is 0 Å². The van der Waals surface area contributed by atoms with E-state index in [1.165, 1.54) is 0 Å². The molecule has 0 radical (unpaired) electrons. The molecule has 0 aromatic carbocycles. The van der Waals surface area contributed by atoms with Crippen molar-refractivity contribution in [3.05, 3.63) is 23.2 Å². The van der Waals surface area contributed by atoms with Gasteiger partial charge in [-0.1, -0.05) is 6.92 Å². The summed E-state index contributed by atoms with van der Waals surface area (Å²) in [5.74, 6) is 5.58. The summed E-state index contributed by atoms with van der Waals surface area (Å²) in [4.78, 5) is 25.4. The number of nitrogens with zero attached hydrogens (tertiary/aromatic N) is 1. The van der Waals surface area contributed by atoms with Crippen molar-refractivity contribution in [3.63, 3.8) is 0 Å². The normalized spacial score (nSPS) is 19.8. The molecule has 1 aliphatic heterocycles. The number of nitrogens with two attached hydrogens (primary N) is 1. The highest BCUT2D eigenvalue weighted by Gasteiger charge is 2.29. The van der Waals surface area contributed by atoms with E-state index in [-0.39, 0.29) is 17.7 Å². The van der Waals surface area contributed by atoms with E-state index < -0.39 is 5.91 Å². The zero-order valence-electron chi connectivity index (χ0n) is 11.7. The molecule has 7 nitrogen and oxygen atoms in total. The Labute approximate surface area is 117 Å². The third-order valence-corrected chi connectivity index (χ3v) is 3.49. The Bertz CT molecular complexity index is 512. The summed E-state index contributed by atoms with van der Waals surface area (Å²) in [7, 11) is 0. The fourth-order valence-corrected chi connectivity index (χ4v) is 2.51. The number of hydrazine groups is 1. The van der Waals surface area contributed by atoms with Gasteiger partial charge in [-0.25, -0.2) is 5.84 Å². The van der Waals surface area contributed by atoms with Gasteiger partial charge in [-0.15, -0.1) is 0 Å². The number of nitrogens with one attached hydrogen (secondary N) is 2. The minimum atomic E-state index is -0.447. The van der Waals surface area contributed by atoms with Crippen molar-refractivity contribution >= 4 is 11.8 Å². The van der Waals surface area contributed by atoms with Crippen LogP contribution in [-0.2, 0) is 11.3 Å². The molecule has 1 unspecified atom stereocenters. The lowest BCUT2D eigenvalue weighted by molar-refractivity contribution is -0.129. The second-order valence-electron chi connectivity index (χ2n) is 4.88. The number of hydrogen-bond acceptors (Lipinski definition) is 5. The van der Waals surface area contributed by atoms with Gasteiger partial charge in [-0.3, -0.25) is 19.9 Å². The van der Waals surface area contributed by atoms with Gasteiger partial charge >= 0.3 is 5.91 Å².